The second-order valence-corrected chi connectivity index (χ2v) is 4.00. The highest BCUT2D eigenvalue weighted by Crippen LogP contribution is 2.36. The number of rotatable bonds is 2. The highest BCUT2D eigenvalue weighted by molar-refractivity contribution is 9.10. The summed E-state index contributed by atoms with van der Waals surface area (Å²) in [6, 6.07) is 1.98. The normalized spacial score (nSPS) is 12.3. The Balaban J connectivity index is 3.16. The van der Waals surface area contributed by atoms with Crippen molar-refractivity contribution in [2.45, 2.75) is 6.04 Å². The Morgan fingerprint density at radius 1 is 1.67 bits per heavy atom. The molecule has 1 aromatic rings. The van der Waals surface area contributed by atoms with Gasteiger partial charge in [-0.05, 0) is 22.0 Å². The summed E-state index contributed by atoms with van der Waals surface area (Å²) in [6.07, 6.45) is 0. The summed E-state index contributed by atoms with van der Waals surface area (Å²) in [7, 11) is 1.23. The molecule has 15 heavy (non-hydrogen) atoms. The van der Waals surface area contributed by atoms with Crippen LogP contribution in [0.5, 0.6) is 5.75 Å². The maximum Gasteiger partial charge on any atom is 0.327 e. The van der Waals surface area contributed by atoms with Gasteiger partial charge in [0.05, 0.1) is 16.6 Å². The first-order valence-electron chi connectivity index (χ1n) is 3.99. The predicted octanol–water partition coefficient (Wildman–Crippen LogP) is 1.98. The molecule has 1 aromatic carbocycles. The van der Waals surface area contributed by atoms with E-state index in [4.69, 9.17) is 17.3 Å². The van der Waals surface area contributed by atoms with Crippen molar-refractivity contribution in [3.63, 3.8) is 0 Å². The molecule has 82 valence electrons. The summed E-state index contributed by atoms with van der Waals surface area (Å²) < 4.78 is 4.77. The number of methoxy groups -OCH3 is 1. The number of halogens is 2. The van der Waals surface area contributed by atoms with Gasteiger partial charge in [-0.1, -0.05) is 17.7 Å². The van der Waals surface area contributed by atoms with Gasteiger partial charge in [-0.2, -0.15) is 0 Å². The monoisotopic (exact) mass is 293 g/mol. The van der Waals surface area contributed by atoms with Crippen molar-refractivity contribution < 1.29 is 14.6 Å². The average molecular weight is 295 g/mol. The quantitative estimate of drug-likeness (QED) is 0.818. The lowest BCUT2D eigenvalue weighted by Gasteiger charge is -2.12. The Hall–Kier alpha value is -0.780. The van der Waals surface area contributed by atoms with Crippen LogP contribution in [0.25, 0.3) is 0 Å². The van der Waals surface area contributed by atoms with E-state index in [1.807, 2.05) is 0 Å². The summed E-state index contributed by atoms with van der Waals surface area (Å²) in [5.41, 5.74) is 5.83. The van der Waals surface area contributed by atoms with Crippen LogP contribution in [-0.4, -0.2) is 18.2 Å². The topological polar surface area (TPSA) is 72.5 Å². The third-order valence-corrected chi connectivity index (χ3v) is 3.24. The number of nitrogens with two attached hydrogens (primary N) is 1. The van der Waals surface area contributed by atoms with Crippen molar-refractivity contribution in [1.29, 1.82) is 0 Å². The van der Waals surface area contributed by atoms with Gasteiger partial charge in [0, 0.05) is 5.56 Å². The SMILES string of the molecule is COC(=O)[C@H](N)c1ccc(Cl)c(Br)c1O. The van der Waals surface area contributed by atoms with Crippen molar-refractivity contribution in [3.05, 3.63) is 27.2 Å². The summed E-state index contributed by atoms with van der Waals surface area (Å²) in [5, 5.41) is 10.0. The minimum Gasteiger partial charge on any atom is -0.506 e. The molecule has 0 spiro atoms. The average Bonchev–Trinajstić information content (AvgIpc) is 2.24. The number of phenols is 1. The van der Waals surface area contributed by atoms with Gasteiger partial charge in [-0.3, -0.25) is 4.79 Å². The standard InChI is InChI=1S/C9H9BrClNO3/c1-15-9(14)7(12)4-2-3-5(11)6(10)8(4)13/h2-3,7,13H,12H2,1H3/t7-/m1/s1. The lowest BCUT2D eigenvalue weighted by Crippen LogP contribution is -2.22. The number of benzene rings is 1. The summed E-state index contributed by atoms with van der Waals surface area (Å²) in [4.78, 5) is 11.2. The van der Waals surface area contributed by atoms with E-state index < -0.39 is 12.0 Å². The van der Waals surface area contributed by atoms with Crippen LogP contribution in [0.2, 0.25) is 5.02 Å². The predicted molar refractivity (Wildman–Crippen MR) is 59.8 cm³/mol. The number of hydrogen-bond acceptors (Lipinski definition) is 4. The number of phenolic OH excluding ortho intramolecular Hbond substituents is 1. The molecule has 0 saturated carbocycles. The van der Waals surface area contributed by atoms with Gasteiger partial charge in [0.15, 0.2) is 0 Å². The molecule has 0 aliphatic carbocycles. The van der Waals surface area contributed by atoms with Crippen molar-refractivity contribution in [2.24, 2.45) is 5.73 Å². The van der Waals surface area contributed by atoms with Crippen LogP contribution in [0.4, 0.5) is 0 Å². The zero-order chi connectivity index (χ0) is 11.6. The molecule has 0 aliphatic rings. The van der Waals surface area contributed by atoms with Gasteiger partial charge in [0.1, 0.15) is 11.8 Å². The van der Waals surface area contributed by atoms with E-state index in [0.29, 0.717) is 9.50 Å². The van der Waals surface area contributed by atoms with Crippen LogP contribution >= 0.6 is 27.5 Å². The van der Waals surface area contributed by atoms with Crippen molar-refractivity contribution in [2.75, 3.05) is 7.11 Å². The number of esters is 1. The second-order valence-electron chi connectivity index (χ2n) is 2.80. The first kappa shape index (κ1) is 12.3. The molecule has 0 saturated heterocycles. The van der Waals surface area contributed by atoms with Crippen molar-refractivity contribution in [1.82, 2.24) is 0 Å². The second kappa shape index (κ2) is 4.83. The first-order valence-corrected chi connectivity index (χ1v) is 5.16. The largest absolute Gasteiger partial charge is 0.506 e. The Morgan fingerprint density at radius 2 is 2.27 bits per heavy atom. The Bertz CT molecular complexity index is 397. The molecule has 6 heteroatoms. The van der Waals surface area contributed by atoms with Crippen LogP contribution in [0.1, 0.15) is 11.6 Å². The van der Waals surface area contributed by atoms with Crippen LogP contribution in [0, 0.1) is 0 Å². The molecule has 0 unspecified atom stereocenters. The molecular weight excluding hydrogens is 285 g/mol. The fourth-order valence-corrected chi connectivity index (χ4v) is 1.57. The molecular formula is C9H9BrClNO3. The zero-order valence-corrected chi connectivity index (χ0v) is 10.2. The van der Waals surface area contributed by atoms with Gasteiger partial charge in [0.2, 0.25) is 0 Å². The molecule has 0 fully saturated rings. The lowest BCUT2D eigenvalue weighted by molar-refractivity contribution is -0.142. The van der Waals surface area contributed by atoms with E-state index in [-0.39, 0.29) is 11.3 Å². The van der Waals surface area contributed by atoms with E-state index in [2.05, 4.69) is 20.7 Å². The van der Waals surface area contributed by atoms with Gasteiger partial charge >= 0.3 is 5.97 Å². The van der Waals surface area contributed by atoms with Crippen molar-refractivity contribution in [3.8, 4) is 5.75 Å². The number of ether oxygens (including phenoxy) is 1. The third kappa shape index (κ3) is 2.42. The molecule has 0 radical (unpaired) electrons. The van der Waals surface area contributed by atoms with E-state index in [1.165, 1.54) is 19.2 Å². The van der Waals surface area contributed by atoms with Crippen LogP contribution in [0.3, 0.4) is 0 Å². The molecule has 0 aliphatic heterocycles. The zero-order valence-electron chi connectivity index (χ0n) is 7.83. The van der Waals surface area contributed by atoms with Crippen LogP contribution in [-0.2, 0) is 9.53 Å². The Kier molecular flexibility index (Phi) is 3.96. The molecule has 0 bridgehead atoms. The molecule has 0 amide bonds. The Labute approximate surface area is 100 Å². The van der Waals surface area contributed by atoms with Crippen molar-refractivity contribution >= 4 is 33.5 Å². The van der Waals surface area contributed by atoms with Gasteiger partial charge in [0.25, 0.3) is 0 Å². The molecule has 0 aromatic heterocycles. The molecule has 1 atom stereocenters. The first-order chi connectivity index (χ1) is 6.99. The highest BCUT2D eigenvalue weighted by Gasteiger charge is 2.21. The maximum atomic E-state index is 11.2. The highest BCUT2D eigenvalue weighted by atomic mass is 79.9. The maximum absolute atomic E-state index is 11.2. The lowest BCUT2D eigenvalue weighted by atomic mass is 10.1. The third-order valence-electron chi connectivity index (χ3n) is 1.89. The molecule has 0 heterocycles. The smallest absolute Gasteiger partial charge is 0.327 e. The number of carbonyl (C=O) groups excluding carboxylic acids is 1. The van der Waals surface area contributed by atoms with E-state index in [9.17, 15) is 9.90 Å². The van der Waals surface area contributed by atoms with Crippen LogP contribution in [0.15, 0.2) is 16.6 Å². The summed E-state index contributed by atoms with van der Waals surface area (Å²) in [6.45, 7) is 0. The van der Waals surface area contributed by atoms with Gasteiger partial charge in [-0.25, -0.2) is 0 Å². The number of aromatic hydroxyl groups is 1. The number of carbonyl (C=O) groups is 1. The van der Waals surface area contributed by atoms with Gasteiger partial charge < -0.3 is 15.6 Å². The van der Waals surface area contributed by atoms with Gasteiger partial charge in [-0.15, -0.1) is 0 Å². The summed E-state index contributed by atoms with van der Waals surface area (Å²) >= 11 is 8.82. The number of hydrogen-bond donors (Lipinski definition) is 2. The summed E-state index contributed by atoms with van der Waals surface area (Å²) in [5.74, 6) is -0.778. The van der Waals surface area contributed by atoms with E-state index in [0.717, 1.165) is 0 Å². The molecule has 3 N–H and O–H groups in total. The minimum atomic E-state index is -1.02. The van der Waals surface area contributed by atoms with E-state index in [1.54, 1.807) is 0 Å². The minimum absolute atomic E-state index is 0.152. The van der Waals surface area contributed by atoms with E-state index >= 15 is 0 Å². The fraction of sp³-hybridized carbons (Fsp3) is 0.222. The Morgan fingerprint density at radius 3 is 2.80 bits per heavy atom. The molecule has 4 nitrogen and oxygen atoms in total. The fourth-order valence-electron chi connectivity index (χ4n) is 1.06. The molecule has 1 rings (SSSR count). The van der Waals surface area contributed by atoms with Crippen LogP contribution < -0.4 is 5.73 Å².